The summed E-state index contributed by atoms with van der Waals surface area (Å²) in [6, 6.07) is 15.4. The molecule has 12 nitrogen and oxygen atoms in total. The lowest BCUT2D eigenvalue weighted by atomic mass is 10.1. The number of nitrogens with one attached hydrogen (secondary N) is 3. The van der Waals surface area contributed by atoms with Crippen molar-refractivity contribution < 1.29 is 23.7 Å². The fourth-order valence-corrected chi connectivity index (χ4v) is 4.41. The highest BCUT2D eigenvalue weighted by atomic mass is 16.5. The average molecular weight is 572 g/mol. The van der Waals surface area contributed by atoms with Gasteiger partial charge in [0, 0.05) is 37.0 Å². The van der Waals surface area contributed by atoms with Crippen LogP contribution in [-0.2, 0) is 0 Å². The number of piperidine rings is 1. The van der Waals surface area contributed by atoms with E-state index in [0.29, 0.717) is 28.7 Å². The fraction of sp³-hybridized carbons (Fsp3) is 0.267. The van der Waals surface area contributed by atoms with Gasteiger partial charge in [0.05, 0.1) is 39.4 Å². The highest BCUT2D eigenvalue weighted by Crippen LogP contribution is 2.31. The second kappa shape index (κ2) is 13.4. The molecule has 1 saturated heterocycles. The maximum Gasteiger partial charge on any atom is 0.323 e. The Bertz CT molecular complexity index is 1470. The van der Waals surface area contributed by atoms with Crippen LogP contribution in [0.5, 0.6) is 28.9 Å². The van der Waals surface area contributed by atoms with Crippen molar-refractivity contribution in [3.63, 3.8) is 0 Å². The van der Waals surface area contributed by atoms with E-state index in [9.17, 15) is 4.79 Å². The number of hydrogen-bond donors (Lipinski definition) is 3. The summed E-state index contributed by atoms with van der Waals surface area (Å²) in [5.41, 5.74) is 1.44. The van der Waals surface area contributed by atoms with Gasteiger partial charge in [-0.1, -0.05) is 0 Å². The van der Waals surface area contributed by atoms with E-state index in [0.717, 1.165) is 24.6 Å². The quantitative estimate of drug-likeness (QED) is 0.206. The molecule has 0 saturated carbocycles. The maximum absolute atomic E-state index is 12.9. The molecular formula is C30H33N7O5. The van der Waals surface area contributed by atoms with Gasteiger partial charge in [-0.15, -0.1) is 0 Å². The smallest absolute Gasteiger partial charge is 0.323 e. The summed E-state index contributed by atoms with van der Waals surface area (Å²) in [4.78, 5) is 28.8. The summed E-state index contributed by atoms with van der Waals surface area (Å²) >= 11 is 0. The van der Waals surface area contributed by atoms with E-state index in [-0.39, 0.29) is 17.5 Å². The Kier molecular flexibility index (Phi) is 9.02. The van der Waals surface area contributed by atoms with Gasteiger partial charge in [0.15, 0.2) is 0 Å². The average Bonchev–Trinajstić information content (AvgIpc) is 3.03. The van der Waals surface area contributed by atoms with E-state index < -0.39 is 6.03 Å². The van der Waals surface area contributed by atoms with Gasteiger partial charge in [-0.25, -0.2) is 14.8 Å². The second-order valence-electron chi connectivity index (χ2n) is 9.45. The Labute approximate surface area is 244 Å². The first-order valence-corrected chi connectivity index (χ1v) is 13.5. The number of carbonyl (C=O) groups is 1. The Hall–Kier alpha value is -5.26. The van der Waals surface area contributed by atoms with E-state index in [1.165, 1.54) is 39.7 Å². The van der Waals surface area contributed by atoms with Gasteiger partial charge in [0.1, 0.15) is 34.5 Å². The lowest BCUT2D eigenvalue weighted by molar-refractivity contribution is 0.262. The summed E-state index contributed by atoms with van der Waals surface area (Å²) in [6.07, 6.45) is 6.84. The minimum Gasteiger partial charge on any atom is -0.497 e. The van der Waals surface area contributed by atoms with Crippen molar-refractivity contribution in [1.29, 1.82) is 0 Å². The molecule has 0 aliphatic carbocycles. The van der Waals surface area contributed by atoms with E-state index >= 15 is 0 Å². The summed E-state index contributed by atoms with van der Waals surface area (Å²) in [5.74, 6) is 3.59. The molecule has 1 fully saturated rings. The minimum absolute atomic E-state index is 0.133. The zero-order chi connectivity index (χ0) is 29.3. The van der Waals surface area contributed by atoms with Gasteiger partial charge in [-0.05, 0) is 55.7 Å². The molecule has 0 radical (unpaired) electrons. The number of aromatic nitrogens is 3. The SMILES string of the molecule is COc1ccc(Oc2nc(Nc3ccc(N4CCCCC4)nc3)ncc2NC(=O)Nc2cc(OC)cc(OC)c2)cc1. The van der Waals surface area contributed by atoms with Gasteiger partial charge < -0.3 is 39.8 Å². The van der Waals surface area contributed by atoms with Gasteiger partial charge >= 0.3 is 6.03 Å². The zero-order valence-corrected chi connectivity index (χ0v) is 23.7. The number of nitrogens with zero attached hydrogens (tertiary/aromatic N) is 4. The normalized spacial score (nSPS) is 12.7. The van der Waals surface area contributed by atoms with E-state index in [1.54, 1.807) is 55.8 Å². The second-order valence-corrected chi connectivity index (χ2v) is 9.45. The molecule has 3 heterocycles. The van der Waals surface area contributed by atoms with Crippen LogP contribution >= 0.6 is 0 Å². The summed E-state index contributed by atoms with van der Waals surface area (Å²) in [5, 5.41) is 8.69. The number of methoxy groups -OCH3 is 3. The van der Waals surface area contributed by atoms with Crippen LogP contribution in [0.3, 0.4) is 0 Å². The molecule has 2 aromatic carbocycles. The Morgan fingerprint density at radius 2 is 1.43 bits per heavy atom. The number of pyridine rings is 1. The van der Waals surface area contributed by atoms with Crippen LogP contribution in [0.4, 0.5) is 33.6 Å². The Balaban J connectivity index is 1.35. The topological polar surface area (TPSA) is 132 Å². The van der Waals surface area contributed by atoms with E-state index in [1.807, 2.05) is 12.1 Å². The minimum atomic E-state index is -0.535. The van der Waals surface area contributed by atoms with E-state index in [2.05, 4.69) is 35.8 Å². The number of anilines is 5. The predicted molar refractivity (Wildman–Crippen MR) is 161 cm³/mol. The molecule has 5 rings (SSSR count). The van der Waals surface area contributed by atoms with Gasteiger partial charge in [-0.3, -0.25) is 0 Å². The molecule has 218 valence electrons. The monoisotopic (exact) mass is 571 g/mol. The van der Waals surface area contributed by atoms with Crippen molar-refractivity contribution in [1.82, 2.24) is 15.0 Å². The molecule has 1 aliphatic rings. The van der Waals surface area contributed by atoms with Crippen LogP contribution in [0.25, 0.3) is 0 Å². The first-order chi connectivity index (χ1) is 20.5. The van der Waals surface area contributed by atoms with Crippen molar-refractivity contribution in [3.05, 3.63) is 67.0 Å². The lowest BCUT2D eigenvalue weighted by Gasteiger charge is -2.27. The molecular weight excluding hydrogens is 538 g/mol. The van der Waals surface area contributed by atoms with Crippen molar-refractivity contribution >= 4 is 34.9 Å². The molecule has 12 heteroatoms. The molecule has 2 aromatic heterocycles. The number of rotatable bonds is 10. The molecule has 0 unspecified atom stereocenters. The highest BCUT2D eigenvalue weighted by molar-refractivity contribution is 6.00. The first-order valence-electron chi connectivity index (χ1n) is 13.5. The fourth-order valence-electron chi connectivity index (χ4n) is 4.41. The Morgan fingerprint density at radius 3 is 2.07 bits per heavy atom. The van der Waals surface area contributed by atoms with E-state index in [4.69, 9.17) is 18.9 Å². The van der Waals surface area contributed by atoms with Crippen LogP contribution < -0.4 is 39.8 Å². The predicted octanol–water partition coefficient (Wildman–Crippen LogP) is 6.07. The van der Waals surface area contributed by atoms with Gasteiger partial charge in [0.2, 0.25) is 11.8 Å². The third kappa shape index (κ3) is 7.27. The first kappa shape index (κ1) is 28.3. The van der Waals surface area contributed by atoms with Gasteiger partial charge in [-0.2, -0.15) is 4.98 Å². The molecule has 1 aliphatic heterocycles. The largest absolute Gasteiger partial charge is 0.497 e. The van der Waals surface area contributed by atoms with Crippen LogP contribution in [0.15, 0.2) is 67.0 Å². The number of benzene rings is 2. The van der Waals surface area contributed by atoms with Crippen molar-refractivity contribution in [2.24, 2.45) is 0 Å². The number of ether oxygens (including phenoxy) is 4. The summed E-state index contributed by atoms with van der Waals surface area (Å²) in [7, 11) is 4.66. The molecule has 2 amide bonds. The van der Waals surface area contributed by atoms with Crippen molar-refractivity contribution in [2.45, 2.75) is 19.3 Å². The zero-order valence-electron chi connectivity index (χ0n) is 23.7. The number of urea groups is 1. The van der Waals surface area contributed by atoms with Gasteiger partial charge in [0.25, 0.3) is 0 Å². The number of carbonyl (C=O) groups excluding carboxylic acids is 1. The van der Waals surface area contributed by atoms with Crippen molar-refractivity contribution in [2.75, 3.05) is 55.3 Å². The van der Waals surface area contributed by atoms with Crippen LogP contribution in [0.2, 0.25) is 0 Å². The molecule has 42 heavy (non-hydrogen) atoms. The number of hydrogen-bond acceptors (Lipinski definition) is 10. The third-order valence-electron chi connectivity index (χ3n) is 6.57. The molecule has 0 atom stereocenters. The molecule has 0 spiro atoms. The highest BCUT2D eigenvalue weighted by Gasteiger charge is 2.16. The van der Waals surface area contributed by atoms with Crippen molar-refractivity contribution in [3.8, 4) is 28.9 Å². The van der Waals surface area contributed by atoms with Crippen LogP contribution in [-0.4, -0.2) is 55.4 Å². The standard InChI is InChI=1S/C30H33N7O5/c1-39-22-8-10-23(11-9-22)42-28-26(35-30(38)34-21-15-24(40-2)17-25(16-21)41-3)19-32-29(36-28)33-20-7-12-27(31-18-20)37-13-5-4-6-14-37/h7-12,15-19H,4-6,13-14H2,1-3H3,(H,32,33,36)(H2,34,35,38). The van der Waals surface area contributed by atoms with Crippen LogP contribution in [0, 0.1) is 0 Å². The molecule has 0 bridgehead atoms. The third-order valence-corrected chi connectivity index (χ3v) is 6.57. The summed E-state index contributed by atoms with van der Waals surface area (Å²) in [6.45, 7) is 2.03. The maximum atomic E-state index is 12.9. The Morgan fingerprint density at radius 1 is 0.738 bits per heavy atom. The van der Waals surface area contributed by atoms with Crippen LogP contribution in [0.1, 0.15) is 19.3 Å². The summed E-state index contributed by atoms with van der Waals surface area (Å²) < 4.78 is 21.9. The molecule has 3 N–H and O–H groups in total. The lowest BCUT2D eigenvalue weighted by Crippen LogP contribution is -2.29. The molecule has 4 aromatic rings. The number of amides is 2.